The second-order valence-electron chi connectivity index (χ2n) is 1.76. The molecular formula is C6H7ClO4. The van der Waals surface area contributed by atoms with E-state index >= 15 is 0 Å². The van der Waals surface area contributed by atoms with Crippen LogP contribution >= 0.6 is 11.6 Å². The van der Waals surface area contributed by atoms with Crippen LogP contribution in [0.3, 0.4) is 0 Å². The summed E-state index contributed by atoms with van der Waals surface area (Å²) in [4.78, 5) is 20.4. The van der Waals surface area contributed by atoms with E-state index in [1.54, 1.807) is 0 Å². The summed E-state index contributed by atoms with van der Waals surface area (Å²) in [6.07, 6.45) is 0.0977. The Labute approximate surface area is 68.1 Å². The van der Waals surface area contributed by atoms with E-state index in [4.69, 9.17) is 21.8 Å². The molecule has 0 aromatic carbocycles. The van der Waals surface area contributed by atoms with Crippen molar-refractivity contribution in [3.05, 3.63) is 10.6 Å². The van der Waals surface area contributed by atoms with Crippen LogP contribution in [-0.4, -0.2) is 22.2 Å². The van der Waals surface area contributed by atoms with Crippen LogP contribution in [0.2, 0.25) is 0 Å². The van der Waals surface area contributed by atoms with E-state index in [0.29, 0.717) is 0 Å². The summed E-state index contributed by atoms with van der Waals surface area (Å²) in [5, 5.41) is 16.0. The minimum Gasteiger partial charge on any atom is -0.478 e. The van der Waals surface area contributed by atoms with Crippen molar-refractivity contribution in [1.82, 2.24) is 0 Å². The minimum absolute atomic E-state index is 0.0977. The van der Waals surface area contributed by atoms with Gasteiger partial charge >= 0.3 is 11.9 Å². The second kappa shape index (κ2) is 3.98. The maximum Gasteiger partial charge on any atom is 0.347 e. The Morgan fingerprint density at radius 3 is 1.82 bits per heavy atom. The summed E-state index contributed by atoms with van der Waals surface area (Å²) >= 11 is 5.18. The van der Waals surface area contributed by atoms with Gasteiger partial charge in [0.25, 0.3) is 0 Å². The largest absolute Gasteiger partial charge is 0.478 e. The Hall–Kier alpha value is -1.03. The zero-order valence-corrected chi connectivity index (χ0v) is 6.55. The Morgan fingerprint density at radius 1 is 1.27 bits per heavy atom. The van der Waals surface area contributed by atoms with Crippen LogP contribution in [0.25, 0.3) is 0 Å². The first-order valence-electron chi connectivity index (χ1n) is 2.86. The van der Waals surface area contributed by atoms with E-state index in [2.05, 4.69) is 0 Å². The molecule has 0 aliphatic rings. The monoisotopic (exact) mass is 178 g/mol. The fraction of sp³-hybridized carbons (Fsp3) is 0.333. The van der Waals surface area contributed by atoms with Crippen molar-refractivity contribution in [2.24, 2.45) is 0 Å². The van der Waals surface area contributed by atoms with Crippen molar-refractivity contribution >= 4 is 23.5 Å². The topological polar surface area (TPSA) is 74.6 Å². The fourth-order valence-corrected chi connectivity index (χ4v) is 0.744. The minimum atomic E-state index is -1.41. The molecule has 0 fully saturated rings. The summed E-state index contributed by atoms with van der Waals surface area (Å²) < 4.78 is 0. The molecule has 0 saturated carbocycles. The van der Waals surface area contributed by atoms with Gasteiger partial charge in [-0.3, -0.25) is 0 Å². The number of hydrogen-bond acceptors (Lipinski definition) is 2. The Balaban J connectivity index is 4.83. The van der Waals surface area contributed by atoms with E-state index < -0.39 is 17.0 Å². The van der Waals surface area contributed by atoms with Crippen LogP contribution in [0.15, 0.2) is 10.6 Å². The highest BCUT2D eigenvalue weighted by Crippen LogP contribution is 2.12. The maximum atomic E-state index is 10.3. The average molecular weight is 179 g/mol. The van der Waals surface area contributed by atoms with Crippen LogP contribution < -0.4 is 0 Å². The van der Waals surface area contributed by atoms with Crippen molar-refractivity contribution < 1.29 is 19.8 Å². The van der Waals surface area contributed by atoms with Gasteiger partial charge < -0.3 is 10.2 Å². The third kappa shape index (κ3) is 2.59. The van der Waals surface area contributed by atoms with Gasteiger partial charge in [0.1, 0.15) is 5.03 Å². The zero-order valence-electron chi connectivity index (χ0n) is 5.80. The highest BCUT2D eigenvalue weighted by atomic mass is 35.5. The molecule has 62 valence electrons. The standard InChI is InChI=1S/C6H7ClO4/c1-2-3(5(8)9)4(7)6(10)11/h2H2,1H3,(H,8,9)(H,10,11)/b4-3+. The Morgan fingerprint density at radius 2 is 1.73 bits per heavy atom. The molecule has 0 aliphatic carbocycles. The highest BCUT2D eigenvalue weighted by Gasteiger charge is 2.15. The lowest BCUT2D eigenvalue weighted by Gasteiger charge is -1.97. The third-order valence-electron chi connectivity index (χ3n) is 1.06. The van der Waals surface area contributed by atoms with E-state index in [9.17, 15) is 9.59 Å². The molecule has 0 radical (unpaired) electrons. The summed E-state index contributed by atoms with van der Waals surface area (Å²) in [5.41, 5.74) is -0.279. The predicted octanol–water partition coefficient (Wildman–Crippen LogP) is 1.06. The summed E-state index contributed by atoms with van der Waals surface area (Å²) in [6, 6.07) is 0. The molecule has 0 heterocycles. The number of carbonyl (C=O) groups is 2. The van der Waals surface area contributed by atoms with Gasteiger partial charge in [0, 0.05) is 0 Å². The molecule has 0 spiro atoms. The van der Waals surface area contributed by atoms with Gasteiger partial charge in [-0.05, 0) is 6.42 Å². The molecule has 0 saturated heterocycles. The normalized spacial score (nSPS) is 12.2. The molecule has 0 aromatic rings. The number of hydrogen-bond donors (Lipinski definition) is 2. The molecule has 4 nitrogen and oxygen atoms in total. The number of carboxylic acids is 2. The number of halogens is 1. The van der Waals surface area contributed by atoms with Gasteiger partial charge in [-0.1, -0.05) is 18.5 Å². The smallest absolute Gasteiger partial charge is 0.347 e. The van der Waals surface area contributed by atoms with E-state index in [-0.39, 0.29) is 12.0 Å². The summed E-state index contributed by atoms with van der Waals surface area (Å²) in [5.74, 6) is -2.70. The SMILES string of the molecule is CC/C(C(=O)O)=C(\Cl)C(=O)O. The first-order chi connectivity index (χ1) is 5.00. The third-order valence-corrected chi connectivity index (χ3v) is 1.45. The van der Waals surface area contributed by atoms with E-state index in [1.165, 1.54) is 6.92 Å². The van der Waals surface area contributed by atoms with Crippen molar-refractivity contribution in [2.75, 3.05) is 0 Å². The van der Waals surface area contributed by atoms with Crippen molar-refractivity contribution in [3.8, 4) is 0 Å². The summed E-state index contributed by atoms with van der Waals surface area (Å²) in [7, 11) is 0. The van der Waals surface area contributed by atoms with E-state index in [0.717, 1.165) is 0 Å². The molecule has 0 atom stereocenters. The number of carboxylic acid groups (broad SMARTS) is 2. The Bertz CT molecular complexity index is 219. The molecule has 0 aromatic heterocycles. The van der Waals surface area contributed by atoms with Gasteiger partial charge in [0.15, 0.2) is 0 Å². The fourth-order valence-electron chi connectivity index (χ4n) is 0.529. The molecule has 5 heteroatoms. The lowest BCUT2D eigenvalue weighted by molar-refractivity contribution is -0.135. The van der Waals surface area contributed by atoms with Gasteiger partial charge in [-0.25, -0.2) is 9.59 Å². The van der Waals surface area contributed by atoms with Gasteiger partial charge in [-0.2, -0.15) is 0 Å². The summed E-state index contributed by atoms with van der Waals surface area (Å²) in [6.45, 7) is 1.52. The molecule has 11 heavy (non-hydrogen) atoms. The van der Waals surface area contributed by atoms with Crippen molar-refractivity contribution in [2.45, 2.75) is 13.3 Å². The lowest BCUT2D eigenvalue weighted by Crippen LogP contribution is -2.06. The van der Waals surface area contributed by atoms with Crippen molar-refractivity contribution in [3.63, 3.8) is 0 Å². The van der Waals surface area contributed by atoms with Gasteiger partial charge in [0.2, 0.25) is 0 Å². The van der Waals surface area contributed by atoms with Crippen LogP contribution in [0.5, 0.6) is 0 Å². The van der Waals surface area contributed by atoms with Crippen LogP contribution in [-0.2, 0) is 9.59 Å². The van der Waals surface area contributed by atoms with Gasteiger partial charge in [-0.15, -0.1) is 0 Å². The molecule has 0 rings (SSSR count). The first kappa shape index (κ1) is 9.97. The number of rotatable bonds is 3. The van der Waals surface area contributed by atoms with Crippen molar-refractivity contribution in [1.29, 1.82) is 0 Å². The highest BCUT2D eigenvalue weighted by molar-refractivity contribution is 6.42. The van der Waals surface area contributed by atoms with E-state index in [1.807, 2.05) is 0 Å². The zero-order chi connectivity index (χ0) is 9.02. The molecule has 0 unspecified atom stereocenters. The number of aliphatic carboxylic acids is 2. The van der Waals surface area contributed by atoms with Crippen LogP contribution in [0.1, 0.15) is 13.3 Å². The predicted molar refractivity (Wildman–Crippen MR) is 38.4 cm³/mol. The van der Waals surface area contributed by atoms with Gasteiger partial charge in [0.05, 0.1) is 5.57 Å². The Kier molecular flexibility index (Phi) is 3.60. The first-order valence-corrected chi connectivity index (χ1v) is 3.23. The quantitative estimate of drug-likeness (QED) is 0.634. The molecular weight excluding hydrogens is 172 g/mol. The lowest BCUT2D eigenvalue weighted by atomic mass is 10.2. The molecule has 0 aliphatic heterocycles. The molecule has 0 amide bonds. The van der Waals surface area contributed by atoms with Crippen LogP contribution in [0, 0.1) is 0 Å². The molecule has 0 bridgehead atoms. The second-order valence-corrected chi connectivity index (χ2v) is 2.13. The maximum absolute atomic E-state index is 10.3. The average Bonchev–Trinajstić information content (AvgIpc) is 1.88. The van der Waals surface area contributed by atoms with Crippen LogP contribution in [0.4, 0.5) is 0 Å². The molecule has 2 N–H and O–H groups in total.